The molecule has 29 heavy (non-hydrogen) atoms. The van der Waals surface area contributed by atoms with Crippen molar-refractivity contribution >= 4 is 38.2 Å². The molecular formula is C22H17N3O3S. The summed E-state index contributed by atoms with van der Waals surface area (Å²) in [6.45, 7) is 3.19. The Morgan fingerprint density at radius 3 is 2.45 bits per heavy atom. The van der Waals surface area contributed by atoms with E-state index in [1.807, 2.05) is 43.3 Å². The first kappa shape index (κ1) is 18.8. The normalized spacial score (nSPS) is 10.8. The van der Waals surface area contributed by atoms with Gasteiger partial charge < -0.3 is 5.32 Å². The van der Waals surface area contributed by atoms with Gasteiger partial charge in [0.2, 0.25) is 11.7 Å². The van der Waals surface area contributed by atoms with Crippen LogP contribution in [0.2, 0.25) is 0 Å². The molecule has 0 bridgehead atoms. The number of pyridine rings is 2. The van der Waals surface area contributed by atoms with Gasteiger partial charge in [-0.25, -0.2) is 4.98 Å². The molecule has 7 heteroatoms. The number of aryl methyl sites for hydroxylation is 1. The Kier molecular flexibility index (Phi) is 4.82. The summed E-state index contributed by atoms with van der Waals surface area (Å²) in [5, 5.41) is 3.73. The van der Waals surface area contributed by atoms with E-state index in [-0.39, 0.29) is 22.9 Å². The molecule has 144 valence electrons. The fourth-order valence-corrected chi connectivity index (χ4v) is 4.43. The molecular weight excluding hydrogens is 386 g/mol. The molecule has 1 N–H and O–H groups in total. The number of thiophene rings is 1. The first-order chi connectivity index (χ1) is 14.0. The van der Waals surface area contributed by atoms with Crippen molar-refractivity contribution in [2.45, 2.75) is 13.8 Å². The average Bonchev–Trinajstić information content (AvgIpc) is 3.05. The van der Waals surface area contributed by atoms with Gasteiger partial charge in [-0.1, -0.05) is 35.6 Å². The highest BCUT2D eigenvalue weighted by Crippen LogP contribution is 2.37. The summed E-state index contributed by atoms with van der Waals surface area (Å²) in [4.78, 5) is 42.7. The summed E-state index contributed by atoms with van der Waals surface area (Å²) in [6, 6.07) is 17.5. The molecule has 0 aliphatic heterocycles. The number of hydrogen-bond donors (Lipinski definition) is 1. The van der Waals surface area contributed by atoms with Crippen LogP contribution in [0.15, 0.2) is 65.5 Å². The number of carbonyl (C=O) groups is 2. The van der Waals surface area contributed by atoms with Crippen LogP contribution >= 0.6 is 11.3 Å². The van der Waals surface area contributed by atoms with E-state index >= 15 is 0 Å². The number of amides is 1. The van der Waals surface area contributed by atoms with Crippen molar-refractivity contribution < 1.29 is 9.59 Å². The molecule has 3 aromatic heterocycles. The Morgan fingerprint density at radius 2 is 1.76 bits per heavy atom. The van der Waals surface area contributed by atoms with Gasteiger partial charge in [0.05, 0.1) is 11.3 Å². The van der Waals surface area contributed by atoms with E-state index < -0.39 is 0 Å². The van der Waals surface area contributed by atoms with Gasteiger partial charge in [-0.3, -0.25) is 19.0 Å². The van der Waals surface area contributed by atoms with Crippen molar-refractivity contribution in [2.24, 2.45) is 0 Å². The van der Waals surface area contributed by atoms with Crippen LogP contribution in [0.4, 0.5) is 5.00 Å². The maximum absolute atomic E-state index is 13.3. The third kappa shape index (κ3) is 3.48. The lowest BCUT2D eigenvalue weighted by molar-refractivity contribution is -0.114. The first-order valence-electron chi connectivity index (χ1n) is 8.95. The van der Waals surface area contributed by atoms with Gasteiger partial charge in [-0.2, -0.15) is 0 Å². The molecule has 0 saturated carbocycles. The van der Waals surface area contributed by atoms with Gasteiger partial charge in [0.25, 0.3) is 5.56 Å². The molecule has 0 aliphatic rings. The second-order valence-electron chi connectivity index (χ2n) is 6.54. The highest BCUT2D eigenvalue weighted by Gasteiger charge is 2.24. The summed E-state index contributed by atoms with van der Waals surface area (Å²) in [5.74, 6) is -0.599. The van der Waals surface area contributed by atoms with Crippen molar-refractivity contribution in [3.05, 3.63) is 88.0 Å². The van der Waals surface area contributed by atoms with Crippen LogP contribution in [-0.2, 0) is 4.79 Å². The number of anilines is 1. The summed E-state index contributed by atoms with van der Waals surface area (Å²) in [7, 11) is 0. The third-order valence-electron chi connectivity index (χ3n) is 4.39. The predicted molar refractivity (Wildman–Crippen MR) is 114 cm³/mol. The molecule has 1 aromatic carbocycles. The van der Waals surface area contributed by atoms with Crippen LogP contribution < -0.4 is 10.9 Å². The second kappa shape index (κ2) is 7.44. The van der Waals surface area contributed by atoms with E-state index in [9.17, 15) is 14.4 Å². The molecule has 6 nitrogen and oxygen atoms in total. The zero-order valence-corrected chi connectivity index (χ0v) is 16.6. The van der Waals surface area contributed by atoms with Gasteiger partial charge in [0.1, 0.15) is 15.5 Å². The smallest absolute Gasteiger partial charge is 0.256 e. The minimum absolute atomic E-state index is 0.216. The van der Waals surface area contributed by atoms with Crippen LogP contribution in [-0.4, -0.2) is 21.2 Å². The molecule has 3 heterocycles. The standard InChI is InChI=1S/C22H17N3O3S/c1-13-7-6-10-17(23-13)20(28)19-16-11-12-18(27)25(15-8-4-3-5-9-15)22(16)29-21(19)24-14(2)26/h3-12H,1-2H3,(H,24,26). The fourth-order valence-electron chi connectivity index (χ4n) is 3.17. The lowest BCUT2D eigenvalue weighted by Crippen LogP contribution is -2.16. The minimum Gasteiger partial charge on any atom is -0.317 e. The van der Waals surface area contributed by atoms with Gasteiger partial charge in [0, 0.05) is 24.1 Å². The summed E-state index contributed by atoms with van der Waals surface area (Å²) >= 11 is 1.20. The molecule has 0 radical (unpaired) electrons. The van der Waals surface area contributed by atoms with E-state index in [2.05, 4.69) is 10.3 Å². The number of carbonyl (C=O) groups excluding carboxylic acids is 2. The Labute approximate surface area is 170 Å². The van der Waals surface area contributed by atoms with Crippen LogP contribution in [0.25, 0.3) is 15.9 Å². The maximum Gasteiger partial charge on any atom is 0.256 e. The number of nitrogens with one attached hydrogen (secondary N) is 1. The van der Waals surface area contributed by atoms with Gasteiger partial charge in [-0.15, -0.1) is 0 Å². The zero-order valence-electron chi connectivity index (χ0n) is 15.8. The molecule has 0 spiro atoms. The fraction of sp³-hybridized carbons (Fsp3) is 0.0909. The lowest BCUT2D eigenvalue weighted by atomic mass is 10.1. The van der Waals surface area contributed by atoms with Crippen molar-refractivity contribution in [1.82, 2.24) is 9.55 Å². The van der Waals surface area contributed by atoms with Gasteiger partial charge in [0.15, 0.2) is 0 Å². The van der Waals surface area contributed by atoms with E-state index in [0.29, 0.717) is 26.5 Å². The third-order valence-corrected chi connectivity index (χ3v) is 5.50. The summed E-state index contributed by atoms with van der Waals surface area (Å²) in [5.41, 5.74) is 1.81. The molecule has 0 saturated heterocycles. The predicted octanol–water partition coefficient (Wildman–Crippen LogP) is 3.95. The topological polar surface area (TPSA) is 81.1 Å². The Bertz CT molecular complexity index is 1310. The number of ketones is 1. The summed E-state index contributed by atoms with van der Waals surface area (Å²) in [6.07, 6.45) is 0. The van der Waals surface area contributed by atoms with Gasteiger partial charge in [-0.05, 0) is 37.3 Å². The Morgan fingerprint density at radius 1 is 1.00 bits per heavy atom. The summed E-state index contributed by atoms with van der Waals surface area (Å²) < 4.78 is 1.55. The Balaban J connectivity index is 2.02. The number of aromatic nitrogens is 2. The van der Waals surface area contributed by atoms with Crippen LogP contribution in [0.3, 0.4) is 0 Å². The van der Waals surface area contributed by atoms with E-state index in [1.165, 1.54) is 24.3 Å². The van der Waals surface area contributed by atoms with E-state index in [0.717, 1.165) is 5.69 Å². The van der Waals surface area contributed by atoms with Crippen LogP contribution in [0.5, 0.6) is 0 Å². The molecule has 4 rings (SSSR count). The van der Waals surface area contributed by atoms with Crippen molar-refractivity contribution in [2.75, 3.05) is 5.32 Å². The highest BCUT2D eigenvalue weighted by molar-refractivity contribution is 7.23. The molecule has 0 atom stereocenters. The van der Waals surface area contributed by atoms with Crippen molar-refractivity contribution in [3.63, 3.8) is 0 Å². The number of benzene rings is 1. The molecule has 1 amide bonds. The van der Waals surface area contributed by atoms with Crippen LogP contribution in [0, 0.1) is 6.92 Å². The monoisotopic (exact) mass is 403 g/mol. The Hall–Kier alpha value is -3.58. The number of rotatable bonds is 4. The molecule has 0 aliphatic carbocycles. The number of hydrogen-bond acceptors (Lipinski definition) is 5. The molecule has 4 aromatic rings. The largest absolute Gasteiger partial charge is 0.317 e. The van der Waals surface area contributed by atoms with E-state index in [1.54, 1.807) is 22.8 Å². The van der Waals surface area contributed by atoms with E-state index in [4.69, 9.17) is 0 Å². The lowest BCUT2D eigenvalue weighted by Gasteiger charge is -2.07. The number of nitrogens with zero attached hydrogens (tertiary/aromatic N) is 2. The first-order valence-corrected chi connectivity index (χ1v) is 9.77. The van der Waals surface area contributed by atoms with Gasteiger partial charge >= 0.3 is 0 Å². The zero-order chi connectivity index (χ0) is 20.5. The minimum atomic E-state index is -0.304. The SMILES string of the molecule is CC(=O)Nc1sc2c(ccc(=O)n2-c2ccccc2)c1C(=O)c1cccc(C)n1. The van der Waals surface area contributed by atoms with Crippen molar-refractivity contribution in [3.8, 4) is 5.69 Å². The molecule has 0 fully saturated rings. The second-order valence-corrected chi connectivity index (χ2v) is 7.54. The van der Waals surface area contributed by atoms with Crippen LogP contribution in [0.1, 0.15) is 28.7 Å². The molecule has 0 unspecified atom stereocenters. The highest BCUT2D eigenvalue weighted by atomic mass is 32.1. The number of para-hydroxylation sites is 1. The quantitative estimate of drug-likeness (QED) is 0.523. The van der Waals surface area contributed by atoms with Crippen molar-refractivity contribution in [1.29, 1.82) is 0 Å². The maximum atomic E-state index is 13.3. The number of fused-ring (bicyclic) bond motifs is 1. The average molecular weight is 403 g/mol.